The largest absolute Gasteiger partial charge is 0.503 e. The summed E-state index contributed by atoms with van der Waals surface area (Å²) in [7, 11) is 0. The molecule has 1 N–H and O–H groups in total. The van der Waals surface area contributed by atoms with Crippen molar-refractivity contribution in [3.05, 3.63) is 34.9 Å². The van der Waals surface area contributed by atoms with Crippen LogP contribution in [0, 0.1) is 23.7 Å². The Hall–Kier alpha value is -2.34. The number of carbonyl (C=O) groups is 2. The maximum Gasteiger partial charge on any atom is 0.254 e. The molecule has 7 heteroatoms. The quantitative estimate of drug-likeness (QED) is 0.499. The van der Waals surface area contributed by atoms with E-state index in [9.17, 15) is 14.7 Å². The highest BCUT2D eigenvalue weighted by Gasteiger charge is 2.56. The molecule has 4 atom stereocenters. The number of fused-ring (bicyclic) bond motifs is 1. The van der Waals surface area contributed by atoms with Crippen molar-refractivity contribution in [2.24, 2.45) is 28.8 Å². The summed E-state index contributed by atoms with van der Waals surface area (Å²) >= 11 is 6.01. The minimum atomic E-state index is -0.286. The Labute approximate surface area is 156 Å². The number of hydrogen-bond acceptors (Lipinski definition) is 5. The van der Waals surface area contributed by atoms with Gasteiger partial charge in [-0.15, -0.1) is 0 Å². The van der Waals surface area contributed by atoms with E-state index in [0.29, 0.717) is 12.2 Å². The summed E-state index contributed by atoms with van der Waals surface area (Å²) in [6.45, 7) is 2.16. The van der Waals surface area contributed by atoms with Crippen LogP contribution >= 0.6 is 11.6 Å². The standard InChI is InChI=1S/C19H19ClN2O4/c1-2-26-14-8-10(7-13(20)17(14)23)9-21-22-18(24)15-11-3-4-12(6-5-11)16(15)19(22)25/h3-4,7-9,11-12,15-16,23H,2,5-6H2,1H3/b21-9-/t11-,12-,15-,16+/m0/s1. The number of nitrogens with zero attached hydrogens (tertiary/aromatic N) is 2. The second kappa shape index (κ2) is 6.43. The van der Waals surface area contributed by atoms with Gasteiger partial charge in [0.15, 0.2) is 11.5 Å². The molecule has 2 fully saturated rings. The van der Waals surface area contributed by atoms with Crippen LogP contribution in [0.2, 0.25) is 5.02 Å². The number of imide groups is 1. The van der Waals surface area contributed by atoms with Gasteiger partial charge >= 0.3 is 0 Å². The number of hydrogen-bond donors (Lipinski definition) is 1. The Morgan fingerprint density at radius 3 is 2.38 bits per heavy atom. The van der Waals surface area contributed by atoms with E-state index < -0.39 is 0 Å². The van der Waals surface area contributed by atoms with E-state index in [1.807, 2.05) is 0 Å². The van der Waals surface area contributed by atoms with Crippen LogP contribution in [-0.2, 0) is 9.59 Å². The molecule has 2 amide bonds. The number of benzene rings is 1. The van der Waals surface area contributed by atoms with Gasteiger partial charge in [-0.2, -0.15) is 10.1 Å². The maximum atomic E-state index is 12.7. The van der Waals surface area contributed by atoms with E-state index in [1.165, 1.54) is 12.3 Å². The molecule has 1 heterocycles. The van der Waals surface area contributed by atoms with E-state index in [4.69, 9.17) is 16.3 Å². The number of ether oxygens (including phenoxy) is 1. The van der Waals surface area contributed by atoms with Crippen molar-refractivity contribution in [1.82, 2.24) is 5.01 Å². The van der Waals surface area contributed by atoms with Gasteiger partial charge in [0.1, 0.15) is 0 Å². The first-order chi connectivity index (χ1) is 12.5. The van der Waals surface area contributed by atoms with Crippen molar-refractivity contribution in [2.75, 3.05) is 6.61 Å². The van der Waals surface area contributed by atoms with Crippen LogP contribution in [0.1, 0.15) is 25.3 Å². The lowest BCUT2D eigenvalue weighted by Gasteiger charge is -2.37. The Kier molecular flexibility index (Phi) is 4.23. The summed E-state index contributed by atoms with van der Waals surface area (Å²) in [5.41, 5.74) is 0.535. The van der Waals surface area contributed by atoms with E-state index in [1.54, 1.807) is 13.0 Å². The average Bonchev–Trinajstić information content (AvgIpc) is 2.91. The summed E-state index contributed by atoms with van der Waals surface area (Å²) in [6.07, 6.45) is 7.44. The van der Waals surface area contributed by atoms with Gasteiger partial charge in [-0.3, -0.25) is 9.59 Å². The van der Waals surface area contributed by atoms with Crippen molar-refractivity contribution < 1.29 is 19.4 Å². The van der Waals surface area contributed by atoms with Gasteiger partial charge in [0.2, 0.25) is 0 Å². The molecular formula is C19H19ClN2O4. The molecule has 0 radical (unpaired) electrons. The number of halogens is 1. The first-order valence-electron chi connectivity index (χ1n) is 8.76. The molecule has 136 valence electrons. The Morgan fingerprint density at radius 2 is 1.85 bits per heavy atom. The number of aromatic hydroxyl groups is 1. The predicted molar refractivity (Wildman–Crippen MR) is 96.1 cm³/mol. The molecule has 0 spiro atoms. The van der Waals surface area contributed by atoms with E-state index in [2.05, 4.69) is 17.3 Å². The molecule has 5 rings (SSSR count). The zero-order chi connectivity index (χ0) is 18.4. The summed E-state index contributed by atoms with van der Waals surface area (Å²) in [6, 6.07) is 3.07. The number of rotatable bonds is 4. The third-order valence-corrected chi connectivity index (χ3v) is 5.70. The normalized spacial score (nSPS) is 29.7. The van der Waals surface area contributed by atoms with Crippen molar-refractivity contribution >= 4 is 29.6 Å². The minimum Gasteiger partial charge on any atom is -0.503 e. The molecule has 1 saturated heterocycles. The highest BCUT2D eigenvalue weighted by molar-refractivity contribution is 6.32. The lowest BCUT2D eigenvalue weighted by atomic mass is 9.63. The van der Waals surface area contributed by atoms with Crippen LogP contribution in [0.25, 0.3) is 0 Å². The predicted octanol–water partition coefficient (Wildman–Crippen LogP) is 2.98. The molecule has 1 aromatic rings. The summed E-state index contributed by atoms with van der Waals surface area (Å²) in [5.74, 6) is -0.681. The molecule has 6 nitrogen and oxygen atoms in total. The summed E-state index contributed by atoms with van der Waals surface area (Å²) in [5, 5.41) is 15.1. The topological polar surface area (TPSA) is 79.2 Å². The van der Waals surface area contributed by atoms with Crippen molar-refractivity contribution in [1.29, 1.82) is 0 Å². The van der Waals surface area contributed by atoms with Crippen LogP contribution in [0.3, 0.4) is 0 Å². The third kappa shape index (κ3) is 2.60. The van der Waals surface area contributed by atoms with Gasteiger partial charge < -0.3 is 9.84 Å². The van der Waals surface area contributed by atoms with Crippen molar-refractivity contribution in [3.8, 4) is 11.5 Å². The zero-order valence-electron chi connectivity index (χ0n) is 14.3. The highest BCUT2D eigenvalue weighted by Crippen LogP contribution is 2.49. The monoisotopic (exact) mass is 374 g/mol. The van der Waals surface area contributed by atoms with Crippen molar-refractivity contribution in [2.45, 2.75) is 19.8 Å². The second-order valence-electron chi connectivity index (χ2n) is 6.86. The first kappa shape index (κ1) is 17.1. The van der Waals surface area contributed by atoms with Gasteiger partial charge in [0.05, 0.1) is 29.7 Å². The van der Waals surface area contributed by atoms with E-state index in [0.717, 1.165) is 17.9 Å². The zero-order valence-corrected chi connectivity index (χ0v) is 15.0. The number of phenols is 1. The molecule has 4 aliphatic rings. The smallest absolute Gasteiger partial charge is 0.254 e. The molecule has 26 heavy (non-hydrogen) atoms. The second-order valence-corrected chi connectivity index (χ2v) is 7.26. The molecule has 1 aliphatic heterocycles. The fourth-order valence-corrected chi connectivity index (χ4v) is 4.45. The number of carbonyl (C=O) groups excluding carboxylic acids is 2. The first-order valence-corrected chi connectivity index (χ1v) is 9.14. The van der Waals surface area contributed by atoms with Crippen LogP contribution in [-0.4, -0.2) is 34.8 Å². The number of hydrazone groups is 1. The van der Waals surface area contributed by atoms with Gasteiger partial charge in [-0.1, -0.05) is 23.8 Å². The highest BCUT2D eigenvalue weighted by atomic mass is 35.5. The van der Waals surface area contributed by atoms with Gasteiger partial charge in [-0.25, -0.2) is 0 Å². The van der Waals surface area contributed by atoms with Gasteiger partial charge in [0.25, 0.3) is 11.8 Å². The Morgan fingerprint density at radius 1 is 1.23 bits per heavy atom. The number of phenolic OH excluding ortho intramolecular Hbond substituents is 1. The molecule has 3 aliphatic carbocycles. The molecule has 0 aromatic heterocycles. The summed E-state index contributed by atoms with van der Waals surface area (Å²) in [4.78, 5) is 25.4. The molecule has 1 saturated carbocycles. The Bertz CT molecular complexity index is 803. The van der Waals surface area contributed by atoms with Crippen LogP contribution in [0.5, 0.6) is 11.5 Å². The van der Waals surface area contributed by atoms with Crippen LogP contribution in [0.4, 0.5) is 0 Å². The number of allylic oxidation sites excluding steroid dienone is 2. The van der Waals surface area contributed by atoms with Crippen LogP contribution in [0.15, 0.2) is 29.4 Å². The molecule has 1 aromatic carbocycles. The van der Waals surface area contributed by atoms with Gasteiger partial charge in [-0.05, 0) is 49.3 Å². The molecule has 0 unspecified atom stereocenters. The van der Waals surface area contributed by atoms with Crippen LogP contribution < -0.4 is 4.74 Å². The average molecular weight is 375 g/mol. The third-order valence-electron chi connectivity index (χ3n) is 5.41. The SMILES string of the molecule is CCOc1cc(/C=N\N2C(=O)[C@@H]3[C@H](C2=O)[C@H]2C=C[C@H]3CC2)cc(Cl)c1O. The fourth-order valence-electron chi connectivity index (χ4n) is 4.23. The molecular weight excluding hydrogens is 356 g/mol. The van der Waals surface area contributed by atoms with E-state index in [-0.39, 0.29) is 52.0 Å². The lowest BCUT2D eigenvalue weighted by molar-refractivity contribution is -0.140. The fraction of sp³-hybridized carbons (Fsp3) is 0.421. The van der Waals surface area contributed by atoms with Crippen molar-refractivity contribution in [3.63, 3.8) is 0 Å². The minimum absolute atomic E-state index is 0.118. The van der Waals surface area contributed by atoms with E-state index >= 15 is 0 Å². The molecule has 2 bridgehead atoms. The Balaban J connectivity index is 1.60. The summed E-state index contributed by atoms with van der Waals surface area (Å²) < 4.78 is 5.33. The number of amides is 2. The van der Waals surface area contributed by atoms with Gasteiger partial charge in [0, 0.05) is 0 Å². The lowest BCUT2D eigenvalue weighted by Crippen LogP contribution is -2.38. The maximum absolute atomic E-state index is 12.7.